The van der Waals surface area contributed by atoms with E-state index in [0.29, 0.717) is 29.4 Å². The second kappa shape index (κ2) is 9.92. The van der Waals surface area contributed by atoms with Gasteiger partial charge in [-0.2, -0.15) is 10.1 Å². The molecule has 0 radical (unpaired) electrons. The number of halogens is 1. The average molecular weight is 574 g/mol. The minimum absolute atomic E-state index is 0.153. The third-order valence-electron chi connectivity index (χ3n) is 5.82. The molecule has 0 aliphatic carbocycles. The third-order valence-corrected chi connectivity index (χ3v) is 6.62. The van der Waals surface area contributed by atoms with Crippen LogP contribution >= 0.6 is 22.6 Å². The number of rotatable bonds is 6. The minimum atomic E-state index is -0.153. The van der Waals surface area contributed by atoms with E-state index in [-0.39, 0.29) is 5.91 Å². The predicted molar refractivity (Wildman–Crippen MR) is 149 cm³/mol. The van der Waals surface area contributed by atoms with Crippen LogP contribution in [0.2, 0.25) is 0 Å². The fourth-order valence-corrected chi connectivity index (χ4v) is 4.82. The molecule has 0 fully saturated rings. The first-order valence-corrected chi connectivity index (χ1v) is 12.3. The molecule has 0 saturated carbocycles. The molecular formula is C29H23IN2O3. The van der Waals surface area contributed by atoms with Crippen LogP contribution in [0.15, 0.2) is 95.6 Å². The van der Waals surface area contributed by atoms with Crippen LogP contribution in [-0.2, 0) is 11.4 Å². The molecule has 4 aromatic carbocycles. The Morgan fingerprint density at radius 3 is 2.46 bits per heavy atom. The van der Waals surface area contributed by atoms with Crippen molar-refractivity contribution in [3.63, 3.8) is 0 Å². The van der Waals surface area contributed by atoms with Gasteiger partial charge in [0.05, 0.1) is 27.7 Å². The molecule has 6 heteroatoms. The fraction of sp³-hybridized carbons (Fsp3) is 0.103. The van der Waals surface area contributed by atoms with E-state index in [1.165, 1.54) is 15.8 Å². The van der Waals surface area contributed by atoms with E-state index in [4.69, 9.17) is 9.47 Å². The Bertz CT molecular complexity index is 1480. The standard InChI is InChI=1S/C29H23IN2O3/c1-19-25(29(33)32(31-19)24-10-4-3-5-11-24)15-21-16-26(30)28(27(17-21)34-2)35-18-20-12-13-22-8-6-7-9-23(22)14-20/h3-17H,18H2,1-2H3/b25-15+. The summed E-state index contributed by atoms with van der Waals surface area (Å²) in [6, 6.07) is 27.9. The lowest BCUT2D eigenvalue weighted by molar-refractivity contribution is -0.114. The van der Waals surface area contributed by atoms with Crippen molar-refractivity contribution in [2.75, 3.05) is 12.1 Å². The smallest absolute Gasteiger partial charge is 0.280 e. The fourth-order valence-electron chi connectivity index (χ4n) is 4.04. The van der Waals surface area contributed by atoms with Crippen molar-refractivity contribution in [2.45, 2.75) is 13.5 Å². The molecule has 5 nitrogen and oxygen atoms in total. The van der Waals surface area contributed by atoms with Gasteiger partial charge in [0.25, 0.3) is 5.91 Å². The molecule has 0 bridgehead atoms. The summed E-state index contributed by atoms with van der Waals surface area (Å²) in [5.41, 5.74) is 3.89. The summed E-state index contributed by atoms with van der Waals surface area (Å²) in [7, 11) is 1.62. The van der Waals surface area contributed by atoms with Crippen LogP contribution in [0.4, 0.5) is 5.69 Å². The van der Waals surface area contributed by atoms with Crippen molar-refractivity contribution < 1.29 is 14.3 Å². The normalized spacial score (nSPS) is 14.5. The number of amides is 1. The van der Waals surface area contributed by atoms with E-state index in [1.807, 2.05) is 67.6 Å². The molecule has 1 aliphatic heterocycles. The molecule has 4 aromatic rings. The van der Waals surface area contributed by atoms with E-state index < -0.39 is 0 Å². The molecule has 5 rings (SSSR count). The number of benzene rings is 4. The lowest BCUT2D eigenvalue weighted by Gasteiger charge is -2.14. The zero-order chi connectivity index (χ0) is 24.4. The highest BCUT2D eigenvalue weighted by atomic mass is 127. The minimum Gasteiger partial charge on any atom is -0.493 e. The maximum atomic E-state index is 13.1. The summed E-state index contributed by atoms with van der Waals surface area (Å²) >= 11 is 2.24. The van der Waals surface area contributed by atoms with Crippen LogP contribution in [0, 0.1) is 3.57 Å². The Hall–Kier alpha value is -3.65. The molecule has 0 aromatic heterocycles. The van der Waals surface area contributed by atoms with Gasteiger partial charge in [-0.15, -0.1) is 0 Å². The van der Waals surface area contributed by atoms with Gasteiger partial charge < -0.3 is 9.47 Å². The molecular weight excluding hydrogens is 551 g/mol. The van der Waals surface area contributed by atoms with Gasteiger partial charge in [0.15, 0.2) is 11.5 Å². The maximum Gasteiger partial charge on any atom is 0.280 e. The number of ether oxygens (including phenoxy) is 2. The van der Waals surface area contributed by atoms with Crippen LogP contribution in [0.5, 0.6) is 11.5 Å². The van der Waals surface area contributed by atoms with E-state index in [2.05, 4.69) is 58.0 Å². The monoisotopic (exact) mass is 574 g/mol. The third kappa shape index (κ3) is 4.79. The molecule has 0 atom stereocenters. The highest BCUT2D eigenvalue weighted by Gasteiger charge is 2.28. The molecule has 0 spiro atoms. The number of nitrogens with zero attached hydrogens (tertiary/aromatic N) is 2. The van der Waals surface area contributed by atoms with Crippen molar-refractivity contribution >= 4 is 56.7 Å². The summed E-state index contributed by atoms with van der Waals surface area (Å²) in [4.78, 5) is 13.1. The molecule has 0 unspecified atom stereocenters. The predicted octanol–water partition coefficient (Wildman–Crippen LogP) is 6.84. The van der Waals surface area contributed by atoms with Crippen LogP contribution in [-0.4, -0.2) is 18.7 Å². The van der Waals surface area contributed by atoms with Gasteiger partial charge in [0.1, 0.15) is 6.61 Å². The number of methoxy groups -OCH3 is 1. The first-order chi connectivity index (χ1) is 17.0. The summed E-state index contributed by atoms with van der Waals surface area (Å²) in [5, 5.41) is 8.28. The van der Waals surface area contributed by atoms with Gasteiger partial charge in [-0.1, -0.05) is 54.6 Å². The van der Waals surface area contributed by atoms with E-state index in [9.17, 15) is 4.79 Å². The second-order valence-corrected chi connectivity index (χ2v) is 9.36. The largest absolute Gasteiger partial charge is 0.493 e. The Morgan fingerprint density at radius 1 is 0.943 bits per heavy atom. The number of anilines is 1. The SMILES string of the molecule is COc1cc(/C=C2/C(=O)N(c3ccccc3)N=C2C)cc(I)c1OCc1ccc2ccccc2c1. The van der Waals surface area contributed by atoms with Gasteiger partial charge >= 0.3 is 0 Å². The Balaban J connectivity index is 1.39. The molecule has 1 heterocycles. The van der Waals surface area contributed by atoms with Crippen LogP contribution in [0.25, 0.3) is 16.8 Å². The molecule has 1 amide bonds. The number of hydrazone groups is 1. The lowest BCUT2D eigenvalue weighted by atomic mass is 10.1. The topological polar surface area (TPSA) is 51.1 Å². The summed E-state index contributed by atoms with van der Waals surface area (Å²) < 4.78 is 12.7. The summed E-state index contributed by atoms with van der Waals surface area (Å²) in [5.74, 6) is 1.14. The van der Waals surface area contributed by atoms with Gasteiger partial charge in [-0.3, -0.25) is 4.79 Å². The Morgan fingerprint density at radius 2 is 1.69 bits per heavy atom. The molecule has 0 saturated heterocycles. The Labute approximate surface area is 217 Å². The maximum absolute atomic E-state index is 13.1. The quantitative estimate of drug-likeness (QED) is 0.187. The lowest BCUT2D eigenvalue weighted by Crippen LogP contribution is -2.21. The van der Waals surface area contributed by atoms with Crippen molar-refractivity contribution in [1.29, 1.82) is 0 Å². The van der Waals surface area contributed by atoms with Crippen molar-refractivity contribution in [3.05, 3.63) is 105 Å². The average Bonchev–Trinajstić information content (AvgIpc) is 3.16. The van der Waals surface area contributed by atoms with Crippen LogP contribution in [0.3, 0.4) is 0 Å². The second-order valence-electron chi connectivity index (χ2n) is 8.20. The number of carbonyl (C=O) groups is 1. The zero-order valence-corrected chi connectivity index (χ0v) is 21.5. The van der Waals surface area contributed by atoms with Crippen molar-refractivity contribution in [2.24, 2.45) is 5.10 Å². The van der Waals surface area contributed by atoms with Gasteiger partial charge in [0.2, 0.25) is 0 Å². The van der Waals surface area contributed by atoms with Gasteiger partial charge in [-0.05, 0) is 87.8 Å². The first-order valence-electron chi connectivity index (χ1n) is 11.2. The molecule has 35 heavy (non-hydrogen) atoms. The number of carbonyl (C=O) groups excluding carboxylic acids is 1. The summed E-state index contributed by atoms with van der Waals surface area (Å²) in [6.07, 6.45) is 1.85. The first kappa shape index (κ1) is 23.1. The number of para-hydroxylation sites is 1. The highest BCUT2D eigenvalue weighted by molar-refractivity contribution is 14.1. The molecule has 0 N–H and O–H groups in total. The molecule has 1 aliphatic rings. The Kier molecular flexibility index (Phi) is 6.55. The van der Waals surface area contributed by atoms with E-state index in [0.717, 1.165) is 20.4 Å². The van der Waals surface area contributed by atoms with E-state index >= 15 is 0 Å². The number of hydrogen-bond donors (Lipinski definition) is 0. The number of hydrogen-bond acceptors (Lipinski definition) is 4. The highest BCUT2D eigenvalue weighted by Crippen LogP contribution is 2.36. The number of fused-ring (bicyclic) bond motifs is 1. The van der Waals surface area contributed by atoms with Crippen LogP contribution in [0.1, 0.15) is 18.1 Å². The van der Waals surface area contributed by atoms with Crippen LogP contribution < -0.4 is 14.5 Å². The van der Waals surface area contributed by atoms with Gasteiger partial charge in [0, 0.05) is 0 Å². The zero-order valence-electron chi connectivity index (χ0n) is 19.4. The van der Waals surface area contributed by atoms with Crippen molar-refractivity contribution in [3.8, 4) is 11.5 Å². The molecule has 174 valence electrons. The van der Waals surface area contributed by atoms with E-state index in [1.54, 1.807) is 7.11 Å². The summed E-state index contributed by atoms with van der Waals surface area (Å²) in [6.45, 7) is 2.27. The van der Waals surface area contributed by atoms with Gasteiger partial charge in [-0.25, -0.2) is 0 Å². The van der Waals surface area contributed by atoms with Crippen molar-refractivity contribution in [1.82, 2.24) is 0 Å².